The predicted molar refractivity (Wildman–Crippen MR) is 71.9 cm³/mol. The Balaban J connectivity index is 2.13. The minimum atomic E-state index is -4.87. The maximum Gasteiger partial charge on any atom is 0.573 e. The van der Waals surface area contributed by atoms with Crippen LogP contribution in [0.25, 0.3) is 0 Å². The van der Waals surface area contributed by atoms with Crippen molar-refractivity contribution in [3.63, 3.8) is 0 Å². The van der Waals surface area contributed by atoms with E-state index < -0.39 is 28.2 Å². The van der Waals surface area contributed by atoms with Crippen molar-refractivity contribution in [2.45, 2.75) is 43.2 Å². The maximum atomic E-state index is 12.2. The van der Waals surface area contributed by atoms with E-state index in [1.54, 1.807) is 6.92 Å². The third kappa shape index (κ3) is 4.59. The van der Waals surface area contributed by atoms with Crippen LogP contribution < -0.4 is 9.46 Å². The van der Waals surface area contributed by atoms with Gasteiger partial charge < -0.3 is 9.47 Å². The Bertz CT molecular complexity index is 612. The van der Waals surface area contributed by atoms with Crippen molar-refractivity contribution in [3.8, 4) is 5.75 Å². The van der Waals surface area contributed by atoms with Gasteiger partial charge in [0.15, 0.2) is 0 Å². The second kappa shape index (κ2) is 6.43. The molecule has 9 heteroatoms. The number of nitrogens with one attached hydrogen (secondary N) is 1. The van der Waals surface area contributed by atoms with Crippen molar-refractivity contribution in [2.75, 3.05) is 6.61 Å². The first kappa shape index (κ1) is 17.0. The van der Waals surface area contributed by atoms with E-state index in [1.807, 2.05) is 0 Å². The Morgan fingerprint density at radius 2 is 2.14 bits per heavy atom. The van der Waals surface area contributed by atoms with Gasteiger partial charge in [-0.25, -0.2) is 13.1 Å². The highest BCUT2D eigenvalue weighted by Crippen LogP contribution is 2.25. The molecule has 0 aromatic heterocycles. The van der Waals surface area contributed by atoms with Crippen LogP contribution >= 0.6 is 0 Å². The lowest BCUT2D eigenvalue weighted by Crippen LogP contribution is -2.40. The molecule has 1 heterocycles. The van der Waals surface area contributed by atoms with Gasteiger partial charge in [-0.3, -0.25) is 0 Å². The third-order valence-electron chi connectivity index (χ3n) is 3.21. The number of alkyl halides is 3. The molecule has 0 saturated carbocycles. The monoisotopic (exact) mass is 339 g/mol. The van der Waals surface area contributed by atoms with Gasteiger partial charge in [-0.05, 0) is 31.9 Å². The molecular formula is C13H16F3NO4S. The summed E-state index contributed by atoms with van der Waals surface area (Å²) in [5.74, 6) is -0.583. The number of hydrogen-bond donors (Lipinski definition) is 1. The molecule has 0 aliphatic carbocycles. The molecule has 2 atom stereocenters. The minimum absolute atomic E-state index is 0.232. The summed E-state index contributed by atoms with van der Waals surface area (Å²) < 4.78 is 72.5. The zero-order valence-corrected chi connectivity index (χ0v) is 12.6. The van der Waals surface area contributed by atoms with Crippen molar-refractivity contribution in [3.05, 3.63) is 24.3 Å². The lowest BCUT2D eigenvalue weighted by Gasteiger charge is -2.20. The second-order valence-corrected chi connectivity index (χ2v) is 6.70. The summed E-state index contributed by atoms with van der Waals surface area (Å²) in [5.41, 5.74) is 0. The quantitative estimate of drug-likeness (QED) is 0.895. The lowest BCUT2D eigenvalue weighted by atomic mass is 10.1. The molecular weight excluding hydrogens is 323 g/mol. The average Bonchev–Trinajstić information content (AvgIpc) is 2.90. The molecule has 0 amide bonds. The summed E-state index contributed by atoms with van der Waals surface area (Å²) >= 11 is 0. The maximum absolute atomic E-state index is 12.2. The fourth-order valence-corrected chi connectivity index (χ4v) is 3.53. The van der Waals surface area contributed by atoms with Crippen LogP contribution in [0.3, 0.4) is 0 Å². The zero-order chi connectivity index (χ0) is 16.4. The Labute approximate surface area is 126 Å². The van der Waals surface area contributed by atoms with E-state index >= 15 is 0 Å². The van der Waals surface area contributed by atoms with E-state index in [4.69, 9.17) is 4.74 Å². The van der Waals surface area contributed by atoms with E-state index in [9.17, 15) is 21.6 Å². The fraction of sp³-hybridized carbons (Fsp3) is 0.538. The average molecular weight is 339 g/mol. The topological polar surface area (TPSA) is 64.6 Å². The largest absolute Gasteiger partial charge is 0.573 e. The molecule has 5 nitrogen and oxygen atoms in total. The van der Waals surface area contributed by atoms with Gasteiger partial charge in [0.25, 0.3) is 0 Å². The lowest BCUT2D eigenvalue weighted by molar-refractivity contribution is -0.274. The van der Waals surface area contributed by atoms with Gasteiger partial charge in [-0.15, -0.1) is 13.2 Å². The fourth-order valence-electron chi connectivity index (χ4n) is 2.22. The SMILES string of the molecule is C[C@@H](NS(=O)(=O)c1cccc(OC(F)(F)F)c1)[C@H]1CCCO1. The molecule has 2 rings (SSSR count). The molecule has 1 aliphatic rings. The van der Waals surface area contributed by atoms with Crippen molar-refractivity contribution in [2.24, 2.45) is 0 Å². The number of rotatable bonds is 5. The normalized spacial score (nSPS) is 20.8. The van der Waals surface area contributed by atoms with E-state index in [-0.39, 0.29) is 11.0 Å². The standard InChI is InChI=1S/C13H16F3NO4S/c1-9(12-6-3-7-20-12)17-22(18,19)11-5-2-4-10(8-11)21-13(14,15)16/h2,4-5,8-9,12,17H,3,6-7H2,1H3/t9-,12-/m1/s1. The number of benzene rings is 1. The van der Waals surface area contributed by atoms with Crippen LogP contribution in [0, 0.1) is 0 Å². The van der Waals surface area contributed by atoms with Gasteiger partial charge in [-0.2, -0.15) is 0 Å². The molecule has 0 unspecified atom stereocenters. The van der Waals surface area contributed by atoms with Crippen LogP contribution in [-0.4, -0.2) is 33.5 Å². The smallest absolute Gasteiger partial charge is 0.406 e. The molecule has 0 radical (unpaired) electrons. The summed E-state index contributed by atoms with van der Waals surface area (Å²) in [6, 6.07) is 3.79. The molecule has 1 N–H and O–H groups in total. The number of hydrogen-bond acceptors (Lipinski definition) is 4. The number of sulfonamides is 1. The zero-order valence-electron chi connectivity index (χ0n) is 11.8. The highest BCUT2D eigenvalue weighted by atomic mass is 32.2. The van der Waals surface area contributed by atoms with Crippen molar-refractivity contribution >= 4 is 10.0 Å². The number of ether oxygens (including phenoxy) is 2. The summed E-state index contributed by atoms with van der Waals surface area (Å²) in [5, 5.41) is 0. The second-order valence-electron chi connectivity index (χ2n) is 4.98. The first-order valence-electron chi connectivity index (χ1n) is 6.67. The molecule has 1 aliphatic heterocycles. The van der Waals surface area contributed by atoms with Gasteiger partial charge >= 0.3 is 6.36 Å². The third-order valence-corrected chi connectivity index (χ3v) is 4.77. The molecule has 22 heavy (non-hydrogen) atoms. The molecule has 0 spiro atoms. The first-order chi connectivity index (χ1) is 10.2. The Hall–Kier alpha value is -1.32. The Morgan fingerprint density at radius 3 is 2.73 bits per heavy atom. The van der Waals surface area contributed by atoms with Gasteiger partial charge in [0.05, 0.1) is 11.0 Å². The highest BCUT2D eigenvalue weighted by Gasteiger charge is 2.32. The van der Waals surface area contributed by atoms with Crippen LogP contribution in [0.4, 0.5) is 13.2 Å². The minimum Gasteiger partial charge on any atom is -0.406 e. The van der Waals surface area contributed by atoms with Crippen molar-refractivity contribution < 1.29 is 31.1 Å². The van der Waals surface area contributed by atoms with Crippen molar-refractivity contribution in [1.82, 2.24) is 4.72 Å². The van der Waals surface area contributed by atoms with E-state index in [0.717, 1.165) is 25.0 Å². The molecule has 1 saturated heterocycles. The van der Waals surface area contributed by atoms with Crippen LogP contribution in [-0.2, 0) is 14.8 Å². The summed E-state index contributed by atoms with van der Waals surface area (Å²) in [7, 11) is -3.95. The highest BCUT2D eigenvalue weighted by molar-refractivity contribution is 7.89. The molecule has 1 aromatic rings. The Morgan fingerprint density at radius 1 is 1.41 bits per heavy atom. The van der Waals surface area contributed by atoms with E-state index in [1.165, 1.54) is 12.1 Å². The van der Waals surface area contributed by atoms with E-state index in [0.29, 0.717) is 6.61 Å². The van der Waals surface area contributed by atoms with Crippen molar-refractivity contribution in [1.29, 1.82) is 0 Å². The first-order valence-corrected chi connectivity index (χ1v) is 8.15. The molecule has 0 bridgehead atoms. The Kier molecular flexibility index (Phi) is 4.98. The molecule has 124 valence electrons. The predicted octanol–water partition coefficient (Wildman–Crippen LogP) is 2.43. The van der Waals surface area contributed by atoms with E-state index in [2.05, 4.69) is 9.46 Å². The molecule has 1 fully saturated rings. The van der Waals surface area contributed by atoms with Gasteiger partial charge in [0, 0.05) is 18.7 Å². The van der Waals surface area contributed by atoms with Crippen LogP contribution in [0.2, 0.25) is 0 Å². The van der Waals surface area contributed by atoms with Crippen LogP contribution in [0.5, 0.6) is 5.75 Å². The number of halogens is 3. The van der Waals surface area contributed by atoms with Gasteiger partial charge in [-0.1, -0.05) is 6.07 Å². The van der Waals surface area contributed by atoms with Crippen LogP contribution in [0.15, 0.2) is 29.2 Å². The summed E-state index contributed by atoms with van der Waals surface area (Å²) in [6.07, 6.45) is -3.52. The van der Waals surface area contributed by atoms with Gasteiger partial charge in [0.1, 0.15) is 5.75 Å². The van der Waals surface area contributed by atoms with Gasteiger partial charge in [0.2, 0.25) is 10.0 Å². The summed E-state index contributed by atoms with van der Waals surface area (Å²) in [4.78, 5) is -0.293. The van der Waals surface area contributed by atoms with Crippen LogP contribution in [0.1, 0.15) is 19.8 Å². The molecule has 1 aromatic carbocycles. The summed E-state index contributed by atoms with van der Waals surface area (Å²) in [6.45, 7) is 2.23.